The topological polar surface area (TPSA) is 75.6 Å². The minimum Gasteiger partial charge on any atom is -0.449 e. The number of hydrogen-bond acceptors (Lipinski definition) is 3. The monoisotopic (exact) mass is 451 g/mol. The minimum absolute atomic E-state index is 0.00129. The van der Waals surface area contributed by atoms with Gasteiger partial charge in [-0.05, 0) is 43.0 Å². The third-order valence-corrected chi connectivity index (χ3v) is 7.57. The molecular formula is C27H35N2O4+. The first-order valence-electron chi connectivity index (χ1n) is 11.8. The maximum atomic E-state index is 12.8. The second-order valence-electron chi connectivity index (χ2n) is 10.7. The van der Waals surface area contributed by atoms with E-state index in [-0.39, 0.29) is 35.0 Å². The van der Waals surface area contributed by atoms with Gasteiger partial charge in [-0.3, -0.25) is 0 Å². The van der Waals surface area contributed by atoms with Crippen LogP contribution in [0.15, 0.2) is 48.5 Å². The number of rotatable bonds is 4. The summed E-state index contributed by atoms with van der Waals surface area (Å²) in [7, 11) is 0. The Labute approximate surface area is 196 Å². The predicted molar refractivity (Wildman–Crippen MR) is 128 cm³/mol. The summed E-state index contributed by atoms with van der Waals surface area (Å²) in [5, 5.41) is 13.2. The molecule has 0 radical (unpaired) electrons. The first-order valence-corrected chi connectivity index (χ1v) is 11.8. The van der Waals surface area contributed by atoms with Gasteiger partial charge in [0.2, 0.25) is 0 Å². The van der Waals surface area contributed by atoms with Gasteiger partial charge in [-0.1, -0.05) is 62.4 Å². The number of ether oxygens (including phenoxy) is 1. The molecule has 1 heterocycles. The molecule has 1 fully saturated rings. The molecule has 1 unspecified atom stereocenters. The molecule has 2 aromatic rings. The highest BCUT2D eigenvalue weighted by Crippen LogP contribution is 2.44. The molecule has 2 aromatic carbocycles. The number of carboxylic acid groups (broad SMARTS) is 1. The summed E-state index contributed by atoms with van der Waals surface area (Å²) >= 11 is 0. The molecule has 0 aromatic heterocycles. The van der Waals surface area contributed by atoms with Gasteiger partial charge in [0.15, 0.2) is 0 Å². The Morgan fingerprint density at radius 2 is 1.61 bits per heavy atom. The van der Waals surface area contributed by atoms with Crippen LogP contribution in [0, 0.1) is 5.92 Å². The zero-order valence-corrected chi connectivity index (χ0v) is 20.2. The van der Waals surface area contributed by atoms with Crippen molar-refractivity contribution in [2.75, 3.05) is 13.2 Å². The minimum atomic E-state index is -0.835. The lowest BCUT2D eigenvalue weighted by Crippen LogP contribution is -2.67. The van der Waals surface area contributed by atoms with Crippen molar-refractivity contribution in [2.24, 2.45) is 5.92 Å². The van der Waals surface area contributed by atoms with Crippen LogP contribution >= 0.6 is 0 Å². The molecule has 6 nitrogen and oxygen atoms in total. The molecule has 4 rings (SSSR count). The molecule has 33 heavy (non-hydrogen) atoms. The Hall–Kier alpha value is -2.86. The van der Waals surface area contributed by atoms with Gasteiger partial charge in [0.25, 0.3) is 0 Å². The van der Waals surface area contributed by atoms with E-state index in [1.54, 1.807) is 0 Å². The summed E-state index contributed by atoms with van der Waals surface area (Å²) < 4.78 is 5.65. The smallest absolute Gasteiger partial charge is 0.449 e. The van der Waals surface area contributed by atoms with Crippen LogP contribution in [0.4, 0.5) is 9.59 Å². The number of nitrogens with zero attached hydrogens (tertiary/aromatic N) is 1. The lowest BCUT2D eigenvalue weighted by Gasteiger charge is -2.46. The maximum absolute atomic E-state index is 12.8. The van der Waals surface area contributed by atoms with Gasteiger partial charge in [-0.2, -0.15) is 4.79 Å². The normalized spacial score (nSPS) is 24.4. The van der Waals surface area contributed by atoms with Crippen molar-refractivity contribution in [1.82, 2.24) is 5.32 Å². The SMILES string of the molecule is CC(C)[C@H]1C[C@@H](NC(=O)OCC2c3ccccc3-c3ccccc32)C[N+]1(C(=O)O)C(C)(C)C. The highest BCUT2D eigenvalue weighted by atomic mass is 16.5. The van der Waals surface area contributed by atoms with E-state index < -0.39 is 17.7 Å². The molecule has 6 heteroatoms. The molecule has 1 aliphatic carbocycles. The highest BCUT2D eigenvalue weighted by molar-refractivity contribution is 5.79. The van der Waals surface area contributed by atoms with Crippen LogP contribution in [-0.2, 0) is 4.74 Å². The second kappa shape index (κ2) is 8.49. The van der Waals surface area contributed by atoms with Gasteiger partial charge in [0.1, 0.15) is 24.7 Å². The summed E-state index contributed by atoms with van der Waals surface area (Å²) in [5.74, 6) is 0.174. The third-order valence-electron chi connectivity index (χ3n) is 7.57. The number of alkyl carbamates (subject to hydrolysis) is 1. The summed E-state index contributed by atoms with van der Waals surface area (Å²) in [4.78, 5) is 25.3. The van der Waals surface area contributed by atoms with Gasteiger partial charge in [0, 0.05) is 18.3 Å². The van der Waals surface area contributed by atoms with E-state index >= 15 is 0 Å². The van der Waals surface area contributed by atoms with Crippen molar-refractivity contribution in [3.63, 3.8) is 0 Å². The Kier molecular flexibility index (Phi) is 5.99. The van der Waals surface area contributed by atoms with Crippen LogP contribution < -0.4 is 5.32 Å². The van der Waals surface area contributed by atoms with E-state index in [0.717, 1.165) is 0 Å². The van der Waals surface area contributed by atoms with Crippen LogP contribution in [0.2, 0.25) is 0 Å². The fourth-order valence-corrected chi connectivity index (χ4v) is 6.00. The molecular weight excluding hydrogens is 416 g/mol. The number of benzene rings is 2. The molecule has 0 spiro atoms. The summed E-state index contributed by atoms with van der Waals surface area (Å²) in [6.45, 7) is 10.6. The van der Waals surface area contributed by atoms with Crippen molar-refractivity contribution in [3.05, 3.63) is 59.7 Å². The summed E-state index contributed by atoms with van der Waals surface area (Å²) in [6, 6.07) is 16.1. The van der Waals surface area contributed by atoms with Crippen molar-refractivity contribution >= 4 is 12.2 Å². The standard InChI is InChI=1S/C27H34N2O4/c1-17(2)24-14-18(15-29(24,26(31)32)27(3,4)5)28-25(30)33-16-23-21-12-8-6-10-19(21)20-11-7-9-13-22(20)23/h6-13,17-18,23-24H,14-16H2,1-5H3,(H-,28,30,31,32)/p+1/t18-,24-,29?/m1/s1. The lowest BCUT2D eigenvalue weighted by molar-refractivity contribution is -0.918. The number of amides is 2. The Morgan fingerprint density at radius 3 is 2.06 bits per heavy atom. The molecule has 0 saturated carbocycles. The Morgan fingerprint density at radius 1 is 1.06 bits per heavy atom. The van der Waals surface area contributed by atoms with E-state index in [2.05, 4.69) is 43.4 Å². The Balaban J connectivity index is 1.47. The molecule has 3 atom stereocenters. The van der Waals surface area contributed by atoms with Gasteiger partial charge in [0.05, 0.1) is 6.04 Å². The van der Waals surface area contributed by atoms with Crippen LogP contribution in [0.5, 0.6) is 0 Å². The van der Waals surface area contributed by atoms with E-state index in [4.69, 9.17) is 4.74 Å². The first kappa shape index (κ1) is 23.3. The van der Waals surface area contributed by atoms with Crippen LogP contribution in [0.25, 0.3) is 11.1 Å². The maximum Gasteiger partial charge on any atom is 0.514 e. The largest absolute Gasteiger partial charge is 0.514 e. The van der Waals surface area contributed by atoms with Crippen molar-refractivity contribution < 1.29 is 23.9 Å². The van der Waals surface area contributed by atoms with E-state index in [1.165, 1.54) is 22.3 Å². The highest BCUT2D eigenvalue weighted by Gasteiger charge is 2.60. The molecule has 2 amide bonds. The fourth-order valence-electron chi connectivity index (χ4n) is 6.00. The number of fused-ring (bicyclic) bond motifs is 3. The zero-order chi connectivity index (χ0) is 24.0. The van der Waals surface area contributed by atoms with Crippen LogP contribution in [0.3, 0.4) is 0 Å². The fraction of sp³-hybridized carbons (Fsp3) is 0.481. The van der Waals surface area contributed by atoms with Crippen molar-refractivity contribution in [2.45, 2.75) is 64.6 Å². The average Bonchev–Trinajstić information content (AvgIpc) is 3.29. The van der Waals surface area contributed by atoms with Crippen molar-refractivity contribution in [1.29, 1.82) is 0 Å². The Bertz CT molecular complexity index is 1010. The number of quaternary nitrogens is 1. The van der Waals surface area contributed by atoms with Gasteiger partial charge in [-0.15, -0.1) is 0 Å². The number of carbonyl (C=O) groups excluding carboxylic acids is 1. The number of carbonyl (C=O) groups is 2. The van der Waals surface area contributed by atoms with Crippen molar-refractivity contribution in [3.8, 4) is 11.1 Å². The number of hydrogen-bond donors (Lipinski definition) is 2. The molecule has 176 valence electrons. The summed E-state index contributed by atoms with van der Waals surface area (Å²) in [5.41, 5.74) is 4.22. The van der Waals surface area contributed by atoms with Crippen LogP contribution in [0.1, 0.15) is 58.1 Å². The van der Waals surface area contributed by atoms with E-state index in [1.807, 2.05) is 45.0 Å². The first-order chi connectivity index (χ1) is 15.6. The molecule has 2 aliphatic rings. The quantitative estimate of drug-likeness (QED) is 0.592. The molecule has 1 saturated heterocycles. The van der Waals surface area contributed by atoms with E-state index in [0.29, 0.717) is 13.0 Å². The molecule has 2 N–H and O–H groups in total. The number of nitrogens with one attached hydrogen (secondary N) is 1. The predicted octanol–water partition coefficient (Wildman–Crippen LogP) is 5.62. The van der Waals surface area contributed by atoms with E-state index in [9.17, 15) is 14.7 Å². The lowest BCUT2D eigenvalue weighted by atomic mass is 9.93. The third kappa shape index (κ3) is 3.90. The number of likely N-dealkylation sites (tertiary alicyclic amines) is 1. The van der Waals surface area contributed by atoms with Gasteiger partial charge in [-0.25, -0.2) is 9.28 Å². The van der Waals surface area contributed by atoms with Gasteiger partial charge < -0.3 is 15.2 Å². The molecule has 1 aliphatic heterocycles. The second-order valence-corrected chi connectivity index (χ2v) is 10.7. The van der Waals surface area contributed by atoms with Crippen LogP contribution in [-0.4, -0.2) is 52.6 Å². The summed E-state index contributed by atoms with van der Waals surface area (Å²) in [6.07, 6.45) is -0.701. The zero-order valence-electron chi connectivity index (χ0n) is 20.2. The molecule has 0 bridgehead atoms. The van der Waals surface area contributed by atoms with Gasteiger partial charge >= 0.3 is 12.2 Å². The average molecular weight is 452 g/mol.